The van der Waals surface area contributed by atoms with Gasteiger partial charge in [-0.3, -0.25) is 14.2 Å². The van der Waals surface area contributed by atoms with Crippen LogP contribution in [0.3, 0.4) is 0 Å². The van der Waals surface area contributed by atoms with E-state index in [0.29, 0.717) is 40.7 Å². The Balaban J connectivity index is 1.31. The number of thiazole rings is 1. The zero-order valence-electron chi connectivity index (χ0n) is 15.7. The molecule has 2 aromatic heterocycles. The van der Waals surface area contributed by atoms with E-state index in [2.05, 4.69) is 15.3 Å². The van der Waals surface area contributed by atoms with E-state index in [0.717, 1.165) is 11.3 Å². The lowest BCUT2D eigenvalue weighted by molar-refractivity contribution is -0.116. The molecule has 0 radical (unpaired) electrons. The van der Waals surface area contributed by atoms with Gasteiger partial charge in [0.15, 0.2) is 16.6 Å². The van der Waals surface area contributed by atoms with Crippen LogP contribution < -0.4 is 20.3 Å². The van der Waals surface area contributed by atoms with Gasteiger partial charge in [0.25, 0.3) is 5.56 Å². The molecule has 4 aromatic rings. The average molecular weight is 420 g/mol. The number of hydrogen-bond acceptors (Lipinski definition) is 7. The van der Waals surface area contributed by atoms with Gasteiger partial charge in [0.2, 0.25) is 5.91 Å². The van der Waals surface area contributed by atoms with Crippen LogP contribution in [0, 0.1) is 0 Å². The molecule has 8 nitrogen and oxygen atoms in total. The Bertz CT molecular complexity index is 1310. The second kappa shape index (κ2) is 7.60. The van der Waals surface area contributed by atoms with E-state index in [1.54, 1.807) is 18.2 Å². The molecule has 3 heterocycles. The van der Waals surface area contributed by atoms with Crippen LogP contribution in [0.15, 0.2) is 59.0 Å². The van der Waals surface area contributed by atoms with Gasteiger partial charge in [0.1, 0.15) is 19.8 Å². The Morgan fingerprint density at radius 2 is 1.97 bits per heavy atom. The summed E-state index contributed by atoms with van der Waals surface area (Å²) in [7, 11) is 0. The van der Waals surface area contributed by atoms with E-state index in [1.165, 1.54) is 22.2 Å². The highest BCUT2D eigenvalue weighted by Gasteiger charge is 2.15. The molecule has 0 fully saturated rings. The fourth-order valence-corrected chi connectivity index (χ4v) is 3.93. The van der Waals surface area contributed by atoms with Crippen molar-refractivity contribution >= 4 is 33.3 Å². The highest BCUT2D eigenvalue weighted by atomic mass is 32.1. The Morgan fingerprint density at radius 1 is 1.13 bits per heavy atom. The van der Waals surface area contributed by atoms with Crippen molar-refractivity contribution in [3.8, 4) is 22.8 Å². The molecule has 0 saturated heterocycles. The van der Waals surface area contributed by atoms with E-state index >= 15 is 0 Å². The van der Waals surface area contributed by atoms with Gasteiger partial charge in [-0.1, -0.05) is 12.1 Å². The van der Waals surface area contributed by atoms with E-state index in [9.17, 15) is 9.59 Å². The van der Waals surface area contributed by atoms with Gasteiger partial charge in [-0.2, -0.15) is 0 Å². The Kier molecular flexibility index (Phi) is 4.64. The number of nitrogens with zero attached hydrogens (tertiary/aromatic N) is 3. The van der Waals surface area contributed by atoms with Crippen molar-refractivity contribution in [2.24, 2.45) is 0 Å². The largest absolute Gasteiger partial charge is 0.486 e. The average Bonchev–Trinajstić information content (AvgIpc) is 3.24. The lowest BCUT2D eigenvalue weighted by atomic mass is 10.1. The van der Waals surface area contributed by atoms with E-state index in [4.69, 9.17) is 9.47 Å². The normalized spacial score (nSPS) is 12.7. The number of para-hydroxylation sites is 1. The number of ether oxygens (including phenoxy) is 2. The monoisotopic (exact) mass is 420 g/mol. The fourth-order valence-electron chi connectivity index (χ4n) is 3.20. The van der Waals surface area contributed by atoms with Gasteiger partial charge in [-0.25, -0.2) is 9.97 Å². The number of aromatic nitrogens is 3. The quantitative estimate of drug-likeness (QED) is 0.545. The van der Waals surface area contributed by atoms with Crippen LogP contribution in [0.1, 0.15) is 0 Å². The molecule has 0 unspecified atom stereocenters. The van der Waals surface area contributed by atoms with Gasteiger partial charge >= 0.3 is 0 Å². The molecule has 5 rings (SSSR count). The summed E-state index contributed by atoms with van der Waals surface area (Å²) < 4.78 is 12.4. The third kappa shape index (κ3) is 3.50. The SMILES string of the molecule is O=C(Cn1cnc2ccccc2c1=O)Nc1nc(-c2ccc3c(c2)OCCO3)cs1. The number of anilines is 1. The summed E-state index contributed by atoms with van der Waals surface area (Å²) in [5.41, 5.74) is 1.93. The molecule has 30 heavy (non-hydrogen) atoms. The molecule has 0 spiro atoms. The van der Waals surface area contributed by atoms with Gasteiger partial charge < -0.3 is 14.8 Å². The number of rotatable bonds is 4. The number of fused-ring (bicyclic) bond motifs is 2. The Morgan fingerprint density at radius 3 is 2.87 bits per heavy atom. The van der Waals surface area contributed by atoms with E-state index in [-0.39, 0.29) is 18.0 Å². The predicted molar refractivity (Wildman–Crippen MR) is 113 cm³/mol. The number of carbonyl (C=O) groups is 1. The highest BCUT2D eigenvalue weighted by Crippen LogP contribution is 2.35. The second-order valence-electron chi connectivity index (χ2n) is 6.64. The maximum Gasteiger partial charge on any atom is 0.261 e. The number of carbonyl (C=O) groups excluding carboxylic acids is 1. The van der Waals surface area contributed by atoms with Gasteiger partial charge in [0.05, 0.1) is 22.9 Å². The maximum atomic E-state index is 12.5. The summed E-state index contributed by atoms with van der Waals surface area (Å²) in [6, 6.07) is 12.7. The van der Waals surface area contributed by atoms with E-state index in [1.807, 2.05) is 29.6 Å². The smallest absolute Gasteiger partial charge is 0.261 e. The molecular weight excluding hydrogens is 404 g/mol. The van der Waals surface area contributed by atoms with Crippen LogP contribution in [0.5, 0.6) is 11.5 Å². The van der Waals surface area contributed by atoms with Crippen LogP contribution in [0.2, 0.25) is 0 Å². The van der Waals surface area contributed by atoms with E-state index < -0.39 is 0 Å². The third-order valence-electron chi connectivity index (χ3n) is 4.63. The lowest BCUT2D eigenvalue weighted by Crippen LogP contribution is -2.27. The van der Waals surface area contributed by atoms with Crippen LogP contribution in [-0.2, 0) is 11.3 Å². The topological polar surface area (TPSA) is 95.3 Å². The van der Waals surface area contributed by atoms with Gasteiger partial charge in [-0.15, -0.1) is 11.3 Å². The molecule has 0 saturated carbocycles. The number of benzene rings is 2. The number of nitrogens with one attached hydrogen (secondary N) is 1. The molecule has 0 aliphatic carbocycles. The van der Waals surface area contributed by atoms with Crippen molar-refractivity contribution in [1.29, 1.82) is 0 Å². The molecule has 1 aliphatic rings. The lowest BCUT2D eigenvalue weighted by Gasteiger charge is -2.18. The molecule has 0 bridgehead atoms. The first-order chi connectivity index (χ1) is 14.7. The standard InChI is InChI=1S/C21H16N4O4S/c26-19(10-25-12-22-15-4-2-1-3-14(15)20(25)27)24-21-23-16(11-30-21)13-5-6-17-18(9-13)29-8-7-28-17/h1-6,9,11-12H,7-8,10H2,(H,23,24,26). The molecule has 1 N–H and O–H groups in total. The third-order valence-corrected chi connectivity index (χ3v) is 5.39. The zero-order valence-corrected chi connectivity index (χ0v) is 16.5. The summed E-state index contributed by atoms with van der Waals surface area (Å²) in [4.78, 5) is 33.7. The fraction of sp³-hybridized carbons (Fsp3) is 0.143. The first-order valence-corrected chi connectivity index (χ1v) is 10.1. The molecule has 1 aliphatic heterocycles. The summed E-state index contributed by atoms with van der Waals surface area (Å²) in [6.07, 6.45) is 1.38. The van der Waals surface area contributed by atoms with Crippen LogP contribution in [0.4, 0.5) is 5.13 Å². The summed E-state index contributed by atoms with van der Waals surface area (Å²) in [5.74, 6) is 1.04. The summed E-state index contributed by atoms with van der Waals surface area (Å²) in [5, 5.41) is 5.52. The predicted octanol–water partition coefficient (Wildman–Crippen LogP) is 2.93. The van der Waals surface area contributed by atoms with Crippen LogP contribution in [0.25, 0.3) is 22.2 Å². The maximum absolute atomic E-state index is 12.5. The molecule has 150 valence electrons. The highest BCUT2D eigenvalue weighted by molar-refractivity contribution is 7.14. The molecule has 1 amide bonds. The minimum atomic E-state index is -0.350. The molecular formula is C21H16N4O4S. The van der Waals surface area contributed by atoms with Crippen LogP contribution in [-0.4, -0.2) is 33.7 Å². The Labute approximate surface area is 174 Å². The molecule has 9 heteroatoms. The van der Waals surface area contributed by atoms with Gasteiger partial charge in [0, 0.05) is 10.9 Å². The van der Waals surface area contributed by atoms with Crippen molar-refractivity contribution in [2.45, 2.75) is 6.54 Å². The van der Waals surface area contributed by atoms with Crippen LogP contribution >= 0.6 is 11.3 Å². The number of amides is 1. The summed E-state index contributed by atoms with van der Waals surface area (Å²) in [6.45, 7) is 0.905. The molecule has 2 aromatic carbocycles. The zero-order chi connectivity index (χ0) is 20.5. The summed E-state index contributed by atoms with van der Waals surface area (Å²) >= 11 is 1.31. The van der Waals surface area contributed by atoms with Crippen molar-refractivity contribution in [2.75, 3.05) is 18.5 Å². The van der Waals surface area contributed by atoms with Crippen molar-refractivity contribution < 1.29 is 14.3 Å². The van der Waals surface area contributed by atoms with Crippen molar-refractivity contribution in [3.63, 3.8) is 0 Å². The van der Waals surface area contributed by atoms with Crippen molar-refractivity contribution in [3.05, 3.63) is 64.5 Å². The Hall–Kier alpha value is -3.72. The van der Waals surface area contributed by atoms with Gasteiger partial charge in [-0.05, 0) is 30.3 Å². The minimum Gasteiger partial charge on any atom is -0.486 e. The second-order valence-corrected chi connectivity index (χ2v) is 7.50. The minimum absolute atomic E-state index is 0.143. The first kappa shape index (κ1) is 18.3. The van der Waals surface area contributed by atoms with Crippen molar-refractivity contribution in [1.82, 2.24) is 14.5 Å². The number of hydrogen-bond donors (Lipinski definition) is 1. The first-order valence-electron chi connectivity index (χ1n) is 9.27. The molecule has 0 atom stereocenters.